The molecule has 39 heavy (non-hydrogen) atoms. The molecule has 0 aliphatic rings. The predicted octanol–water partition coefficient (Wildman–Crippen LogP) is 6.05. The highest BCUT2D eigenvalue weighted by Crippen LogP contribution is 2.30. The summed E-state index contributed by atoms with van der Waals surface area (Å²) in [7, 11) is 1.29. The van der Waals surface area contributed by atoms with Crippen LogP contribution in [0.5, 0.6) is 5.75 Å². The number of aromatic nitrogens is 2. The Hall–Kier alpha value is -4.95. The molecule has 8 nitrogen and oxygen atoms in total. The van der Waals surface area contributed by atoms with Crippen molar-refractivity contribution in [2.45, 2.75) is 0 Å². The van der Waals surface area contributed by atoms with Gasteiger partial charge in [0.25, 0.3) is 5.56 Å². The molecule has 0 fully saturated rings. The summed E-state index contributed by atoms with van der Waals surface area (Å²) in [6.07, 6.45) is 1.52. The molecule has 0 unspecified atom stereocenters. The second kappa shape index (κ2) is 10.1. The van der Waals surface area contributed by atoms with E-state index in [4.69, 9.17) is 30.5 Å². The Morgan fingerprint density at radius 2 is 1.79 bits per heavy atom. The van der Waals surface area contributed by atoms with Crippen molar-refractivity contribution in [3.8, 4) is 17.3 Å². The van der Waals surface area contributed by atoms with E-state index < -0.39 is 5.97 Å². The predicted molar refractivity (Wildman–Crippen MR) is 151 cm³/mol. The van der Waals surface area contributed by atoms with Crippen molar-refractivity contribution < 1.29 is 18.7 Å². The first kappa shape index (κ1) is 24.4. The average molecular weight is 538 g/mol. The molecule has 9 heteroatoms. The van der Waals surface area contributed by atoms with Gasteiger partial charge < -0.3 is 13.9 Å². The highest BCUT2D eigenvalue weighted by molar-refractivity contribution is 6.31. The molecule has 2 heterocycles. The smallest absolute Gasteiger partial charge is 0.343 e. The van der Waals surface area contributed by atoms with E-state index in [0.717, 1.165) is 16.2 Å². The number of nitrogens with zero attached hydrogens (tertiary/aromatic N) is 3. The van der Waals surface area contributed by atoms with Crippen LogP contribution in [0.2, 0.25) is 5.02 Å². The number of carbonyl (C=O) groups excluding carboxylic acids is 1. The zero-order valence-electron chi connectivity index (χ0n) is 20.6. The molecule has 0 N–H and O–H groups in total. The highest BCUT2D eigenvalue weighted by Gasteiger charge is 2.17. The van der Waals surface area contributed by atoms with Crippen LogP contribution in [0.4, 0.5) is 0 Å². The first-order valence-corrected chi connectivity index (χ1v) is 12.4. The fourth-order valence-corrected chi connectivity index (χ4v) is 4.54. The lowest BCUT2D eigenvalue weighted by Gasteiger charge is -2.12. The Balaban J connectivity index is 1.55. The molecule has 0 aliphatic heterocycles. The second-order valence-corrected chi connectivity index (χ2v) is 9.11. The number of fused-ring (bicyclic) bond motifs is 3. The molecule has 0 saturated carbocycles. The molecule has 2 aromatic heterocycles. The number of benzene rings is 4. The van der Waals surface area contributed by atoms with E-state index in [0.29, 0.717) is 38.6 Å². The third-order valence-corrected chi connectivity index (χ3v) is 6.49. The molecule has 0 atom stereocenters. The fourth-order valence-electron chi connectivity index (χ4n) is 4.36. The summed E-state index contributed by atoms with van der Waals surface area (Å²) in [5, 5.41) is 8.07. The molecule has 4 aromatic carbocycles. The third-order valence-electron chi connectivity index (χ3n) is 6.26. The van der Waals surface area contributed by atoms with Crippen LogP contribution in [0.25, 0.3) is 44.2 Å². The van der Waals surface area contributed by atoms with Gasteiger partial charge in [-0.3, -0.25) is 4.79 Å². The van der Waals surface area contributed by atoms with E-state index in [1.54, 1.807) is 48.5 Å². The molecule has 6 rings (SSSR count). The lowest BCUT2D eigenvalue weighted by molar-refractivity contribution is -0.142. The Morgan fingerprint density at radius 3 is 2.64 bits per heavy atom. The van der Waals surface area contributed by atoms with Gasteiger partial charge in [0.2, 0.25) is 5.82 Å². The zero-order chi connectivity index (χ0) is 26.9. The van der Waals surface area contributed by atoms with Gasteiger partial charge in [-0.2, -0.15) is 9.78 Å². The lowest BCUT2D eigenvalue weighted by Crippen LogP contribution is -2.20. The minimum absolute atomic E-state index is 0.222. The van der Waals surface area contributed by atoms with Crippen LogP contribution in [0.1, 0.15) is 5.56 Å². The van der Waals surface area contributed by atoms with E-state index >= 15 is 0 Å². The van der Waals surface area contributed by atoms with Crippen molar-refractivity contribution in [2.75, 3.05) is 13.7 Å². The summed E-state index contributed by atoms with van der Waals surface area (Å²) in [6, 6.07) is 25.4. The van der Waals surface area contributed by atoms with Gasteiger partial charge in [-0.25, -0.2) is 9.78 Å². The zero-order valence-corrected chi connectivity index (χ0v) is 21.4. The topological polar surface area (TPSA) is 95.9 Å². The number of hydrogen-bond acceptors (Lipinski definition) is 7. The number of para-hydroxylation sites is 1. The average Bonchev–Trinajstić information content (AvgIpc) is 3.38. The standard InChI is InChI=1S/C30H20ClN3O5/c1-37-28(35)17-38-26-12-10-18-6-2-3-7-21(18)23(26)16-32-34-29(33-24-9-5-4-8-22(24)30(34)36)27-15-19-14-20(31)11-13-25(19)39-27/h2-16H,17H2,1H3. The van der Waals surface area contributed by atoms with Crippen LogP contribution in [0.3, 0.4) is 0 Å². The number of rotatable bonds is 6. The number of methoxy groups -OCH3 is 1. The quantitative estimate of drug-likeness (QED) is 0.189. The van der Waals surface area contributed by atoms with Crippen LogP contribution in [0, 0.1) is 0 Å². The largest absolute Gasteiger partial charge is 0.481 e. The van der Waals surface area contributed by atoms with Gasteiger partial charge in [-0.15, -0.1) is 0 Å². The summed E-state index contributed by atoms with van der Waals surface area (Å²) < 4.78 is 17.7. The number of ether oxygens (including phenoxy) is 2. The molecule has 0 saturated heterocycles. The van der Waals surface area contributed by atoms with Crippen LogP contribution in [-0.4, -0.2) is 35.6 Å². The Morgan fingerprint density at radius 1 is 1.00 bits per heavy atom. The Kier molecular flexibility index (Phi) is 6.30. The Labute approximate surface area is 226 Å². The molecule has 6 aromatic rings. The van der Waals surface area contributed by atoms with Gasteiger partial charge >= 0.3 is 5.97 Å². The molecule has 0 radical (unpaired) electrons. The fraction of sp³-hybridized carbons (Fsp3) is 0.0667. The van der Waals surface area contributed by atoms with Crippen molar-refractivity contribution >= 4 is 56.4 Å². The summed E-state index contributed by atoms with van der Waals surface area (Å²) in [6.45, 7) is -0.278. The monoisotopic (exact) mass is 537 g/mol. The first-order chi connectivity index (χ1) is 19.0. The maximum absolute atomic E-state index is 13.7. The number of furan rings is 1. The van der Waals surface area contributed by atoms with Crippen molar-refractivity contribution in [1.29, 1.82) is 0 Å². The summed E-state index contributed by atoms with van der Waals surface area (Å²) in [5.41, 5.74) is 1.32. The molecule has 0 spiro atoms. The van der Waals surface area contributed by atoms with Crippen molar-refractivity contribution in [1.82, 2.24) is 9.66 Å². The summed E-state index contributed by atoms with van der Waals surface area (Å²) in [4.78, 5) is 30.1. The number of esters is 1. The van der Waals surface area contributed by atoms with E-state index in [2.05, 4.69) is 5.10 Å². The molecule has 192 valence electrons. The maximum Gasteiger partial charge on any atom is 0.343 e. The van der Waals surface area contributed by atoms with Gasteiger partial charge in [0.1, 0.15) is 11.3 Å². The number of hydrogen-bond donors (Lipinski definition) is 0. The number of carbonyl (C=O) groups is 1. The van der Waals surface area contributed by atoms with E-state index in [-0.39, 0.29) is 18.0 Å². The molecule has 0 bridgehead atoms. The maximum atomic E-state index is 13.7. The highest BCUT2D eigenvalue weighted by atomic mass is 35.5. The Bertz CT molecular complexity index is 1980. The minimum Gasteiger partial charge on any atom is -0.481 e. The van der Waals surface area contributed by atoms with Crippen LogP contribution < -0.4 is 10.3 Å². The third kappa shape index (κ3) is 4.62. The molecular weight excluding hydrogens is 518 g/mol. The lowest BCUT2D eigenvalue weighted by atomic mass is 10.0. The van der Waals surface area contributed by atoms with Crippen molar-refractivity contribution in [3.05, 3.63) is 106 Å². The number of halogens is 1. The van der Waals surface area contributed by atoms with Gasteiger partial charge in [0, 0.05) is 16.0 Å². The van der Waals surface area contributed by atoms with Gasteiger partial charge in [0.15, 0.2) is 12.4 Å². The SMILES string of the molecule is COC(=O)COc1ccc2ccccc2c1C=Nn1c(-c2cc3cc(Cl)ccc3o2)nc2ccccc2c1=O. The minimum atomic E-state index is -0.520. The molecular formula is C30H20ClN3O5. The van der Waals surface area contributed by atoms with Crippen molar-refractivity contribution in [2.24, 2.45) is 5.10 Å². The van der Waals surface area contributed by atoms with Gasteiger partial charge in [0.05, 0.1) is 24.2 Å². The normalized spacial score (nSPS) is 11.5. The van der Waals surface area contributed by atoms with Crippen LogP contribution in [0.15, 0.2) is 99.2 Å². The molecule has 0 amide bonds. The van der Waals surface area contributed by atoms with E-state index in [9.17, 15) is 9.59 Å². The van der Waals surface area contributed by atoms with E-state index in [1.807, 2.05) is 36.4 Å². The van der Waals surface area contributed by atoms with Crippen LogP contribution in [-0.2, 0) is 9.53 Å². The van der Waals surface area contributed by atoms with E-state index in [1.165, 1.54) is 18.0 Å². The molecule has 0 aliphatic carbocycles. The second-order valence-electron chi connectivity index (χ2n) is 8.67. The first-order valence-electron chi connectivity index (χ1n) is 12.0. The van der Waals surface area contributed by atoms with Crippen LogP contribution >= 0.6 is 11.6 Å². The summed E-state index contributed by atoms with van der Waals surface area (Å²) in [5.74, 6) is 0.463. The van der Waals surface area contributed by atoms with Gasteiger partial charge in [-0.05, 0) is 53.2 Å². The van der Waals surface area contributed by atoms with Gasteiger partial charge in [-0.1, -0.05) is 54.1 Å². The van der Waals surface area contributed by atoms with Crippen molar-refractivity contribution in [3.63, 3.8) is 0 Å². The summed E-state index contributed by atoms with van der Waals surface area (Å²) >= 11 is 6.17.